The van der Waals surface area contributed by atoms with Crippen molar-refractivity contribution < 1.29 is 9.59 Å². The second-order valence-corrected chi connectivity index (χ2v) is 4.00. The highest BCUT2D eigenvalue weighted by atomic mass is 16.2. The minimum absolute atomic E-state index is 0.0769. The van der Waals surface area contributed by atoms with Crippen LogP contribution < -0.4 is 5.32 Å². The number of hydrogen-bond acceptors (Lipinski definition) is 2. The van der Waals surface area contributed by atoms with Crippen molar-refractivity contribution in [1.82, 2.24) is 9.88 Å². The molecule has 1 heterocycles. The zero-order valence-electron chi connectivity index (χ0n) is 9.87. The van der Waals surface area contributed by atoms with Gasteiger partial charge in [0.15, 0.2) is 6.29 Å². The second kappa shape index (κ2) is 5.82. The zero-order chi connectivity index (χ0) is 12.8. The lowest BCUT2D eigenvalue weighted by Gasteiger charge is -2.06. The van der Waals surface area contributed by atoms with Crippen LogP contribution in [0.2, 0.25) is 0 Å². The lowest BCUT2D eigenvalue weighted by Crippen LogP contribution is -2.26. The standard InChI is InChI=1S/C14H14N2O2/c17-11-13-6-7-16(9-13)10-14(18)15-8-12-4-2-1-3-5-12/h1-7,9,11H,8,10H2,(H,15,18). The molecular formula is C14H14N2O2. The van der Waals surface area contributed by atoms with Crippen molar-refractivity contribution in [3.05, 3.63) is 59.9 Å². The number of hydrogen-bond donors (Lipinski definition) is 1. The maximum Gasteiger partial charge on any atom is 0.240 e. The predicted octanol–water partition coefficient (Wildman–Crippen LogP) is 1.62. The molecule has 0 bridgehead atoms. The highest BCUT2D eigenvalue weighted by Gasteiger charge is 2.03. The molecular weight excluding hydrogens is 228 g/mol. The normalized spacial score (nSPS) is 10.0. The van der Waals surface area contributed by atoms with Crippen LogP contribution >= 0.6 is 0 Å². The van der Waals surface area contributed by atoms with Crippen molar-refractivity contribution in [2.24, 2.45) is 0 Å². The van der Waals surface area contributed by atoms with Crippen LogP contribution in [0.25, 0.3) is 0 Å². The van der Waals surface area contributed by atoms with Crippen molar-refractivity contribution in [1.29, 1.82) is 0 Å². The molecule has 2 rings (SSSR count). The first-order valence-corrected chi connectivity index (χ1v) is 5.69. The molecule has 92 valence electrons. The molecule has 1 aromatic carbocycles. The average Bonchev–Trinajstić information content (AvgIpc) is 2.85. The predicted molar refractivity (Wildman–Crippen MR) is 68.1 cm³/mol. The minimum atomic E-state index is -0.0769. The van der Waals surface area contributed by atoms with Gasteiger partial charge in [0.2, 0.25) is 5.91 Å². The Kier molecular flexibility index (Phi) is 3.91. The molecule has 0 spiro atoms. The molecule has 4 nitrogen and oxygen atoms in total. The molecule has 1 amide bonds. The summed E-state index contributed by atoms with van der Waals surface area (Å²) < 4.78 is 1.68. The summed E-state index contributed by atoms with van der Waals surface area (Å²) in [5.74, 6) is -0.0769. The zero-order valence-corrected chi connectivity index (χ0v) is 9.87. The van der Waals surface area contributed by atoms with Gasteiger partial charge in [-0.15, -0.1) is 0 Å². The van der Waals surface area contributed by atoms with Gasteiger partial charge in [0.1, 0.15) is 6.54 Å². The largest absolute Gasteiger partial charge is 0.350 e. The molecule has 0 saturated carbocycles. The summed E-state index contributed by atoms with van der Waals surface area (Å²) in [7, 11) is 0. The van der Waals surface area contributed by atoms with Gasteiger partial charge in [-0.3, -0.25) is 9.59 Å². The molecule has 0 aliphatic heterocycles. The summed E-state index contributed by atoms with van der Waals surface area (Å²) in [5, 5.41) is 2.83. The third-order valence-corrected chi connectivity index (χ3v) is 2.57. The van der Waals surface area contributed by atoms with Gasteiger partial charge in [0.05, 0.1) is 0 Å². The fraction of sp³-hybridized carbons (Fsp3) is 0.143. The van der Waals surface area contributed by atoms with Crippen molar-refractivity contribution in [2.45, 2.75) is 13.1 Å². The van der Waals surface area contributed by atoms with Crippen LogP contribution in [0.3, 0.4) is 0 Å². The third-order valence-electron chi connectivity index (χ3n) is 2.57. The minimum Gasteiger partial charge on any atom is -0.350 e. The van der Waals surface area contributed by atoms with Crippen LogP contribution in [-0.2, 0) is 17.9 Å². The first kappa shape index (κ1) is 12.1. The number of rotatable bonds is 5. The van der Waals surface area contributed by atoms with Crippen LogP contribution in [0.1, 0.15) is 15.9 Å². The number of nitrogens with zero attached hydrogens (tertiary/aromatic N) is 1. The Morgan fingerprint density at radius 1 is 1.22 bits per heavy atom. The number of benzene rings is 1. The number of amides is 1. The molecule has 4 heteroatoms. The lowest BCUT2D eigenvalue weighted by atomic mass is 10.2. The van der Waals surface area contributed by atoms with E-state index < -0.39 is 0 Å². The van der Waals surface area contributed by atoms with Crippen molar-refractivity contribution in [2.75, 3.05) is 0 Å². The van der Waals surface area contributed by atoms with Crippen molar-refractivity contribution >= 4 is 12.2 Å². The van der Waals surface area contributed by atoms with Crippen molar-refractivity contribution in [3.8, 4) is 0 Å². The molecule has 1 N–H and O–H groups in total. The monoisotopic (exact) mass is 242 g/mol. The number of aromatic nitrogens is 1. The topological polar surface area (TPSA) is 51.1 Å². The molecule has 1 aromatic heterocycles. The molecule has 0 unspecified atom stereocenters. The summed E-state index contributed by atoms with van der Waals surface area (Å²) in [6, 6.07) is 11.4. The van der Waals surface area contributed by atoms with Gasteiger partial charge in [-0.25, -0.2) is 0 Å². The van der Waals surface area contributed by atoms with E-state index in [0.29, 0.717) is 12.1 Å². The Hall–Kier alpha value is -2.36. The van der Waals surface area contributed by atoms with Gasteiger partial charge in [0.25, 0.3) is 0 Å². The van der Waals surface area contributed by atoms with Gasteiger partial charge in [0, 0.05) is 24.5 Å². The fourth-order valence-corrected chi connectivity index (χ4v) is 1.65. The Balaban J connectivity index is 1.84. The van der Waals surface area contributed by atoms with Crippen LogP contribution in [-0.4, -0.2) is 16.8 Å². The van der Waals surface area contributed by atoms with Gasteiger partial charge in [-0.05, 0) is 11.6 Å². The maximum atomic E-state index is 11.7. The van der Waals surface area contributed by atoms with Crippen LogP contribution in [0.4, 0.5) is 0 Å². The molecule has 0 saturated heterocycles. The summed E-state index contributed by atoms with van der Waals surface area (Å²) in [6.07, 6.45) is 4.12. The first-order chi connectivity index (χ1) is 8.78. The third kappa shape index (κ3) is 3.31. The van der Waals surface area contributed by atoms with E-state index in [9.17, 15) is 9.59 Å². The van der Waals surface area contributed by atoms with E-state index in [1.165, 1.54) is 0 Å². The van der Waals surface area contributed by atoms with E-state index >= 15 is 0 Å². The fourth-order valence-electron chi connectivity index (χ4n) is 1.65. The Bertz CT molecular complexity index is 532. The quantitative estimate of drug-likeness (QED) is 0.810. The molecule has 0 aliphatic carbocycles. The van der Waals surface area contributed by atoms with E-state index in [4.69, 9.17) is 0 Å². The van der Waals surface area contributed by atoms with Crippen LogP contribution in [0.15, 0.2) is 48.8 Å². The molecule has 18 heavy (non-hydrogen) atoms. The van der Waals surface area contributed by atoms with E-state index in [1.54, 1.807) is 23.0 Å². The number of aldehydes is 1. The van der Waals surface area contributed by atoms with Gasteiger partial charge in [-0.1, -0.05) is 30.3 Å². The maximum absolute atomic E-state index is 11.7. The van der Waals surface area contributed by atoms with E-state index in [2.05, 4.69) is 5.32 Å². The molecule has 0 fully saturated rings. The average molecular weight is 242 g/mol. The van der Waals surface area contributed by atoms with Gasteiger partial charge < -0.3 is 9.88 Å². The molecule has 0 radical (unpaired) electrons. The van der Waals surface area contributed by atoms with Crippen LogP contribution in [0, 0.1) is 0 Å². The summed E-state index contributed by atoms with van der Waals surface area (Å²) in [6.45, 7) is 0.738. The van der Waals surface area contributed by atoms with E-state index in [-0.39, 0.29) is 12.5 Å². The van der Waals surface area contributed by atoms with Crippen molar-refractivity contribution in [3.63, 3.8) is 0 Å². The Morgan fingerprint density at radius 3 is 2.67 bits per heavy atom. The number of carbonyl (C=O) groups excluding carboxylic acids is 2. The molecule has 0 atom stereocenters. The Morgan fingerprint density at radius 2 is 2.00 bits per heavy atom. The highest BCUT2D eigenvalue weighted by Crippen LogP contribution is 1.99. The molecule has 0 aliphatic rings. The second-order valence-electron chi connectivity index (χ2n) is 4.00. The summed E-state index contributed by atoms with van der Waals surface area (Å²) >= 11 is 0. The van der Waals surface area contributed by atoms with E-state index in [0.717, 1.165) is 11.8 Å². The SMILES string of the molecule is O=Cc1ccn(CC(=O)NCc2ccccc2)c1. The van der Waals surface area contributed by atoms with E-state index in [1.807, 2.05) is 30.3 Å². The highest BCUT2D eigenvalue weighted by molar-refractivity contribution is 5.77. The molecule has 2 aromatic rings. The smallest absolute Gasteiger partial charge is 0.240 e. The van der Waals surface area contributed by atoms with Gasteiger partial charge >= 0.3 is 0 Å². The first-order valence-electron chi connectivity index (χ1n) is 5.69. The number of carbonyl (C=O) groups is 2. The van der Waals surface area contributed by atoms with Crippen LogP contribution in [0.5, 0.6) is 0 Å². The Labute approximate surface area is 105 Å². The number of nitrogens with one attached hydrogen (secondary N) is 1. The lowest BCUT2D eigenvalue weighted by molar-refractivity contribution is -0.121. The summed E-state index contributed by atoms with van der Waals surface area (Å²) in [4.78, 5) is 22.2. The summed E-state index contributed by atoms with van der Waals surface area (Å²) in [5.41, 5.74) is 1.64. The van der Waals surface area contributed by atoms with Gasteiger partial charge in [-0.2, -0.15) is 0 Å².